The summed E-state index contributed by atoms with van der Waals surface area (Å²) >= 11 is 0. The molecule has 0 bridgehead atoms. The molecule has 1 aromatic rings. The summed E-state index contributed by atoms with van der Waals surface area (Å²) in [4.78, 5) is 2.44. The molecule has 0 aliphatic carbocycles. The molecule has 2 heterocycles. The number of hydrogen-bond donors (Lipinski definition) is 1. The third-order valence-corrected chi connectivity index (χ3v) is 4.13. The van der Waals surface area contributed by atoms with Crippen LogP contribution in [0, 0.1) is 12.8 Å². The van der Waals surface area contributed by atoms with Crippen LogP contribution >= 0.6 is 0 Å². The molecule has 0 amide bonds. The first-order chi connectivity index (χ1) is 7.75. The monoisotopic (exact) mass is 216 g/mol. The Bertz CT molecular complexity index is 400. The molecule has 1 N–H and O–H groups in total. The van der Waals surface area contributed by atoms with E-state index in [1.807, 2.05) is 0 Å². The Kier molecular flexibility index (Phi) is 2.40. The second-order valence-corrected chi connectivity index (χ2v) is 5.30. The summed E-state index contributed by atoms with van der Waals surface area (Å²) < 4.78 is 0. The second-order valence-electron chi connectivity index (χ2n) is 5.30. The molecule has 2 unspecified atom stereocenters. The maximum atomic E-state index is 3.54. The fraction of sp³-hybridized carbons (Fsp3) is 0.571. The van der Waals surface area contributed by atoms with Crippen molar-refractivity contribution in [1.82, 2.24) is 5.32 Å². The molecule has 86 valence electrons. The van der Waals surface area contributed by atoms with E-state index in [-0.39, 0.29) is 0 Å². The lowest BCUT2D eigenvalue weighted by Crippen LogP contribution is -2.44. The van der Waals surface area contributed by atoms with Gasteiger partial charge in [-0.3, -0.25) is 0 Å². The van der Waals surface area contributed by atoms with E-state index >= 15 is 0 Å². The Morgan fingerprint density at radius 3 is 3.12 bits per heavy atom. The van der Waals surface area contributed by atoms with E-state index in [0.29, 0.717) is 0 Å². The van der Waals surface area contributed by atoms with E-state index in [1.54, 1.807) is 5.56 Å². The van der Waals surface area contributed by atoms with Crippen LogP contribution in [0.15, 0.2) is 18.2 Å². The molecule has 3 rings (SSSR count). The number of nitrogens with one attached hydrogen (secondary N) is 1. The van der Waals surface area contributed by atoms with Crippen LogP contribution in [0.3, 0.4) is 0 Å². The summed E-state index contributed by atoms with van der Waals surface area (Å²) in [5, 5.41) is 3.54. The van der Waals surface area contributed by atoms with Crippen molar-refractivity contribution in [1.29, 1.82) is 0 Å². The van der Waals surface area contributed by atoms with Gasteiger partial charge in [-0.2, -0.15) is 0 Å². The molecule has 1 aromatic carbocycles. The van der Waals surface area contributed by atoms with E-state index in [4.69, 9.17) is 0 Å². The predicted octanol–water partition coefficient (Wildman–Crippen LogP) is 2.14. The van der Waals surface area contributed by atoms with Crippen molar-refractivity contribution in [3.05, 3.63) is 29.3 Å². The molecule has 0 spiro atoms. The van der Waals surface area contributed by atoms with Gasteiger partial charge >= 0.3 is 0 Å². The number of anilines is 1. The van der Waals surface area contributed by atoms with Crippen LogP contribution in [0.25, 0.3) is 0 Å². The minimum absolute atomic E-state index is 0.737. The van der Waals surface area contributed by atoms with Crippen LogP contribution in [-0.4, -0.2) is 26.7 Å². The number of hydrogen-bond acceptors (Lipinski definition) is 2. The van der Waals surface area contributed by atoms with Crippen molar-refractivity contribution in [3.63, 3.8) is 0 Å². The Balaban J connectivity index is 2.04. The summed E-state index contributed by atoms with van der Waals surface area (Å²) in [6.45, 7) is 5.76. The molecule has 0 saturated carbocycles. The molecule has 2 atom stereocenters. The largest absolute Gasteiger partial charge is 0.374 e. The molecule has 0 radical (unpaired) electrons. The zero-order chi connectivity index (χ0) is 11.1. The molecule has 1 fully saturated rings. The fourth-order valence-corrected chi connectivity index (χ4v) is 3.24. The van der Waals surface area contributed by atoms with E-state index in [2.05, 4.69) is 42.4 Å². The maximum Gasteiger partial charge on any atom is 0.0402 e. The topological polar surface area (TPSA) is 15.3 Å². The normalized spacial score (nSPS) is 28.5. The van der Waals surface area contributed by atoms with Gasteiger partial charge in [-0.1, -0.05) is 12.1 Å². The van der Waals surface area contributed by atoms with E-state index in [0.717, 1.165) is 18.4 Å². The van der Waals surface area contributed by atoms with Crippen LogP contribution in [0.5, 0.6) is 0 Å². The zero-order valence-corrected chi connectivity index (χ0v) is 10.2. The molecular weight excluding hydrogens is 196 g/mol. The summed E-state index contributed by atoms with van der Waals surface area (Å²) in [6.07, 6.45) is 1.32. The Hall–Kier alpha value is -1.02. The van der Waals surface area contributed by atoms with Crippen LogP contribution < -0.4 is 10.2 Å². The SMILES string of the molecule is Cc1ccc2c(c1)N(C)CC1CCNCC21. The lowest BCUT2D eigenvalue weighted by molar-refractivity contribution is 0.316. The number of aryl methyl sites for hydroxylation is 1. The van der Waals surface area contributed by atoms with Crippen molar-refractivity contribution in [3.8, 4) is 0 Å². The van der Waals surface area contributed by atoms with Crippen molar-refractivity contribution >= 4 is 5.69 Å². The van der Waals surface area contributed by atoms with Crippen LogP contribution in [-0.2, 0) is 0 Å². The molecule has 2 heteroatoms. The van der Waals surface area contributed by atoms with Gasteiger partial charge in [-0.25, -0.2) is 0 Å². The van der Waals surface area contributed by atoms with Gasteiger partial charge in [0.05, 0.1) is 0 Å². The number of rotatable bonds is 0. The lowest BCUT2D eigenvalue weighted by atomic mass is 9.77. The first kappa shape index (κ1) is 10.2. The highest BCUT2D eigenvalue weighted by atomic mass is 15.1. The quantitative estimate of drug-likeness (QED) is 0.715. The molecule has 16 heavy (non-hydrogen) atoms. The van der Waals surface area contributed by atoms with Crippen LogP contribution in [0.4, 0.5) is 5.69 Å². The smallest absolute Gasteiger partial charge is 0.0402 e. The van der Waals surface area contributed by atoms with Crippen LogP contribution in [0.1, 0.15) is 23.5 Å². The molecule has 2 nitrogen and oxygen atoms in total. The van der Waals surface area contributed by atoms with Crippen molar-refractivity contribution in [2.75, 3.05) is 31.6 Å². The Labute approximate surface area is 97.6 Å². The summed E-state index contributed by atoms with van der Waals surface area (Å²) in [5.41, 5.74) is 4.37. The van der Waals surface area contributed by atoms with Gasteiger partial charge in [0.15, 0.2) is 0 Å². The van der Waals surface area contributed by atoms with Crippen LogP contribution in [0.2, 0.25) is 0 Å². The predicted molar refractivity (Wildman–Crippen MR) is 68.2 cm³/mol. The average molecular weight is 216 g/mol. The summed E-state index contributed by atoms with van der Waals surface area (Å²) in [5.74, 6) is 1.59. The Morgan fingerprint density at radius 1 is 1.38 bits per heavy atom. The third-order valence-electron chi connectivity index (χ3n) is 4.13. The summed E-state index contributed by atoms with van der Waals surface area (Å²) in [6, 6.07) is 6.93. The fourth-order valence-electron chi connectivity index (χ4n) is 3.24. The van der Waals surface area contributed by atoms with Gasteiger partial charge in [-0.15, -0.1) is 0 Å². The molecule has 1 saturated heterocycles. The van der Waals surface area contributed by atoms with Gasteiger partial charge in [-0.05, 0) is 43.0 Å². The van der Waals surface area contributed by atoms with Crippen molar-refractivity contribution in [2.45, 2.75) is 19.3 Å². The number of nitrogens with zero attached hydrogens (tertiary/aromatic N) is 1. The lowest BCUT2D eigenvalue weighted by Gasteiger charge is -2.42. The minimum atomic E-state index is 0.737. The molecule has 2 aliphatic heterocycles. The van der Waals surface area contributed by atoms with E-state index in [9.17, 15) is 0 Å². The number of fused-ring (bicyclic) bond motifs is 3. The standard InChI is InChI=1S/C14H20N2/c1-10-3-4-12-13-8-15-6-5-11(13)9-16(2)14(12)7-10/h3-4,7,11,13,15H,5-6,8-9H2,1-2H3. The highest BCUT2D eigenvalue weighted by Gasteiger charge is 2.33. The van der Waals surface area contributed by atoms with Gasteiger partial charge in [0.1, 0.15) is 0 Å². The molecule has 0 aromatic heterocycles. The number of benzene rings is 1. The van der Waals surface area contributed by atoms with Gasteiger partial charge in [0.2, 0.25) is 0 Å². The number of piperidine rings is 1. The molecule has 2 aliphatic rings. The first-order valence-electron chi connectivity index (χ1n) is 6.28. The van der Waals surface area contributed by atoms with E-state index in [1.165, 1.54) is 30.8 Å². The van der Waals surface area contributed by atoms with Gasteiger partial charge in [0, 0.05) is 31.7 Å². The minimum Gasteiger partial charge on any atom is -0.374 e. The maximum absolute atomic E-state index is 3.54. The Morgan fingerprint density at radius 2 is 2.25 bits per heavy atom. The van der Waals surface area contributed by atoms with Gasteiger partial charge in [0.25, 0.3) is 0 Å². The molecular formula is C14H20N2. The second kappa shape index (κ2) is 3.77. The van der Waals surface area contributed by atoms with Gasteiger partial charge < -0.3 is 10.2 Å². The highest BCUT2D eigenvalue weighted by molar-refractivity contribution is 5.59. The van der Waals surface area contributed by atoms with Crippen molar-refractivity contribution in [2.24, 2.45) is 5.92 Å². The zero-order valence-electron chi connectivity index (χ0n) is 10.2. The van der Waals surface area contributed by atoms with Crippen molar-refractivity contribution < 1.29 is 0 Å². The summed E-state index contributed by atoms with van der Waals surface area (Å²) in [7, 11) is 2.23. The third kappa shape index (κ3) is 1.52. The first-order valence-corrected chi connectivity index (χ1v) is 6.28. The average Bonchev–Trinajstić information content (AvgIpc) is 2.29. The highest BCUT2D eigenvalue weighted by Crippen LogP contribution is 2.40. The van der Waals surface area contributed by atoms with E-state index < -0.39 is 0 Å².